The Balaban J connectivity index is 1.78. The molecule has 3 rings (SSSR count). The number of oxazole rings is 1. The molecule has 0 spiro atoms. The van der Waals surface area contributed by atoms with Crippen LogP contribution < -0.4 is 5.32 Å². The van der Waals surface area contributed by atoms with Gasteiger partial charge in [0.2, 0.25) is 0 Å². The Labute approximate surface area is 112 Å². The van der Waals surface area contributed by atoms with Crippen LogP contribution in [0.5, 0.6) is 0 Å². The number of aryl methyl sites for hydroxylation is 1. The first kappa shape index (κ1) is 12.7. The largest absolute Gasteiger partial charge is 0.448 e. The van der Waals surface area contributed by atoms with Crippen LogP contribution in [0, 0.1) is 0 Å². The highest BCUT2D eigenvalue weighted by Gasteiger charge is 2.30. The van der Waals surface area contributed by atoms with Gasteiger partial charge in [-0.05, 0) is 12.8 Å². The third-order valence-electron chi connectivity index (χ3n) is 2.99. The van der Waals surface area contributed by atoms with E-state index in [1.54, 1.807) is 0 Å². The summed E-state index contributed by atoms with van der Waals surface area (Å²) >= 11 is 0. The van der Waals surface area contributed by atoms with E-state index in [4.69, 9.17) is 4.42 Å². The van der Waals surface area contributed by atoms with Crippen LogP contribution in [-0.2, 0) is 7.05 Å². The van der Waals surface area contributed by atoms with E-state index in [-0.39, 0.29) is 17.4 Å². The lowest BCUT2D eigenvalue weighted by molar-refractivity contribution is 0.102. The van der Waals surface area contributed by atoms with Crippen LogP contribution in [0.25, 0.3) is 0 Å². The van der Waals surface area contributed by atoms with Crippen molar-refractivity contribution in [1.29, 1.82) is 0 Å². The second-order valence-corrected chi connectivity index (χ2v) is 4.55. The molecule has 7 nitrogen and oxygen atoms in total. The average molecular weight is 283 g/mol. The lowest BCUT2D eigenvalue weighted by atomic mass is 10.4. The zero-order chi connectivity index (χ0) is 14.3. The third-order valence-corrected chi connectivity index (χ3v) is 2.99. The Kier molecular flexibility index (Phi) is 2.96. The second-order valence-electron chi connectivity index (χ2n) is 4.55. The van der Waals surface area contributed by atoms with Crippen LogP contribution in [-0.4, -0.2) is 25.9 Å². The minimum absolute atomic E-state index is 0.0396. The predicted octanol–water partition coefficient (Wildman–Crippen LogP) is 1.87. The molecule has 0 saturated heterocycles. The van der Waals surface area contributed by atoms with Crippen molar-refractivity contribution < 1.29 is 18.0 Å². The summed E-state index contributed by atoms with van der Waals surface area (Å²) in [5, 5.41) is 9.22. The van der Waals surface area contributed by atoms with Crippen molar-refractivity contribution in [3.63, 3.8) is 0 Å². The highest BCUT2D eigenvalue weighted by Crippen LogP contribution is 2.39. The number of carbonyl (C=O) groups excluding carboxylic acids is 1. The predicted molar refractivity (Wildman–Crippen MR) is 62.4 cm³/mol. The van der Waals surface area contributed by atoms with Gasteiger partial charge in [-0.25, -0.2) is 18.4 Å². The Morgan fingerprint density at radius 1 is 1.55 bits per heavy atom. The molecule has 20 heavy (non-hydrogen) atoms. The monoisotopic (exact) mass is 283 g/mol. The van der Waals surface area contributed by atoms with Crippen LogP contribution in [0.2, 0.25) is 0 Å². The average Bonchev–Trinajstić information content (AvgIpc) is 3.00. The van der Waals surface area contributed by atoms with E-state index in [1.165, 1.54) is 13.3 Å². The molecule has 2 aromatic rings. The van der Waals surface area contributed by atoms with Gasteiger partial charge in [-0.1, -0.05) is 5.21 Å². The summed E-state index contributed by atoms with van der Waals surface area (Å²) in [5.41, 5.74) is -0.415. The van der Waals surface area contributed by atoms with Gasteiger partial charge < -0.3 is 9.73 Å². The zero-order valence-electron chi connectivity index (χ0n) is 10.5. The number of alkyl halides is 2. The molecule has 1 fully saturated rings. The molecule has 1 N–H and O–H groups in total. The lowest BCUT2D eigenvalue weighted by Gasteiger charge is -2.03. The summed E-state index contributed by atoms with van der Waals surface area (Å²) in [6.07, 6.45) is 0.397. The van der Waals surface area contributed by atoms with Gasteiger partial charge in [0.1, 0.15) is 12.0 Å². The number of amides is 1. The van der Waals surface area contributed by atoms with Crippen molar-refractivity contribution in [2.75, 3.05) is 5.32 Å². The maximum absolute atomic E-state index is 12.8. The Bertz CT molecular complexity index is 647. The quantitative estimate of drug-likeness (QED) is 0.925. The third kappa shape index (κ3) is 2.26. The Morgan fingerprint density at radius 2 is 2.30 bits per heavy atom. The van der Waals surface area contributed by atoms with Crippen LogP contribution in [0.4, 0.5) is 14.6 Å². The molecular formula is C11H11F2N5O2. The summed E-state index contributed by atoms with van der Waals surface area (Å²) in [5.74, 6) is -0.153. The number of hydrogen-bond acceptors (Lipinski definition) is 5. The smallest absolute Gasteiger partial charge is 0.283 e. The molecule has 2 heterocycles. The topological polar surface area (TPSA) is 85.8 Å². The molecule has 106 valence electrons. The number of hydrogen-bond donors (Lipinski definition) is 1. The number of rotatable bonds is 4. The molecule has 1 saturated carbocycles. The highest BCUT2D eigenvalue weighted by atomic mass is 19.3. The number of nitrogens with one attached hydrogen (secondary N) is 1. The maximum Gasteiger partial charge on any atom is 0.283 e. The SMILES string of the molecule is Cn1nnc(NC(=O)c2coc(C3CC3)n2)c1C(F)F. The second kappa shape index (κ2) is 4.66. The fraction of sp³-hybridized carbons (Fsp3) is 0.455. The van der Waals surface area contributed by atoms with Crippen LogP contribution in [0.1, 0.15) is 47.3 Å². The summed E-state index contributed by atoms with van der Waals surface area (Å²) < 4.78 is 31.7. The van der Waals surface area contributed by atoms with Crippen LogP contribution in [0.3, 0.4) is 0 Å². The van der Waals surface area contributed by atoms with Gasteiger partial charge in [-0.3, -0.25) is 4.79 Å². The summed E-state index contributed by atoms with van der Waals surface area (Å²) in [6.45, 7) is 0. The molecule has 0 aliphatic heterocycles. The first-order valence-electron chi connectivity index (χ1n) is 6.00. The molecule has 1 aliphatic carbocycles. The first-order chi connectivity index (χ1) is 9.56. The molecule has 1 aliphatic rings. The molecule has 0 aromatic carbocycles. The molecule has 0 unspecified atom stereocenters. The van der Waals surface area contributed by atoms with E-state index >= 15 is 0 Å². The molecule has 0 radical (unpaired) electrons. The molecule has 2 aromatic heterocycles. The van der Waals surface area contributed by atoms with Gasteiger partial charge in [0.05, 0.1) is 0 Å². The van der Waals surface area contributed by atoms with E-state index in [0.717, 1.165) is 17.5 Å². The van der Waals surface area contributed by atoms with Gasteiger partial charge in [-0.2, -0.15) is 0 Å². The summed E-state index contributed by atoms with van der Waals surface area (Å²) in [6, 6.07) is 0. The zero-order valence-corrected chi connectivity index (χ0v) is 10.5. The number of aromatic nitrogens is 4. The van der Waals surface area contributed by atoms with Crippen molar-refractivity contribution in [2.24, 2.45) is 7.05 Å². The minimum Gasteiger partial charge on any atom is -0.448 e. The van der Waals surface area contributed by atoms with E-state index in [0.29, 0.717) is 5.89 Å². The van der Waals surface area contributed by atoms with Crippen molar-refractivity contribution in [2.45, 2.75) is 25.2 Å². The van der Waals surface area contributed by atoms with Crippen molar-refractivity contribution in [3.8, 4) is 0 Å². The number of halogens is 2. The summed E-state index contributed by atoms with van der Waals surface area (Å²) in [7, 11) is 1.32. The number of nitrogens with zero attached hydrogens (tertiary/aromatic N) is 4. The standard InChI is InChI=1S/C11H11F2N5O2/c1-18-7(8(12)13)9(16-17-18)15-10(19)6-4-20-11(14-6)5-2-3-5/h4-5,8H,2-3H2,1H3,(H,15,19). The van der Waals surface area contributed by atoms with Gasteiger partial charge in [-0.15, -0.1) is 5.10 Å². The molecule has 0 bridgehead atoms. The first-order valence-corrected chi connectivity index (χ1v) is 6.00. The van der Waals surface area contributed by atoms with Gasteiger partial charge >= 0.3 is 0 Å². The molecule has 1 amide bonds. The van der Waals surface area contributed by atoms with Crippen molar-refractivity contribution in [3.05, 3.63) is 23.5 Å². The number of anilines is 1. The van der Waals surface area contributed by atoms with E-state index < -0.39 is 18.0 Å². The summed E-state index contributed by atoms with van der Waals surface area (Å²) in [4.78, 5) is 15.9. The fourth-order valence-corrected chi connectivity index (χ4v) is 1.78. The van der Waals surface area contributed by atoms with Crippen molar-refractivity contribution in [1.82, 2.24) is 20.0 Å². The fourth-order valence-electron chi connectivity index (χ4n) is 1.78. The van der Waals surface area contributed by atoms with Gasteiger partial charge in [0.15, 0.2) is 17.4 Å². The normalized spacial score (nSPS) is 14.8. The van der Waals surface area contributed by atoms with Crippen LogP contribution in [0.15, 0.2) is 10.7 Å². The molecular weight excluding hydrogens is 272 g/mol. The number of carbonyl (C=O) groups is 1. The highest BCUT2D eigenvalue weighted by molar-refractivity contribution is 6.02. The Morgan fingerprint density at radius 3 is 2.95 bits per heavy atom. The minimum atomic E-state index is -2.79. The molecule has 0 atom stereocenters. The Hall–Kier alpha value is -2.32. The van der Waals surface area contributed by atoms with Crippen LogP contribution >= 0.6 is 0 Å². The lowest BCUT2D eigenvalue weighted by Crippen LogP contribution is -2.14. The molecule has 9 heteroatoms. The van der Waals surface area contributed by atoms with Gasteiger partial charge in [0, 0.05) is 13.0 Å². The van der Waals surface area contributed by atoms with Crippen molar-refractivity contribution >= 4 is 11.7 Å². The van der Waals surface area contributed by atoms with E-state index in [2.05, 4.69) is 20.6 Å². The van der Waals surface area contributed by atoms with E-state index in [9.17, 15) is 13.6 Å². The van der Waals surface area contributed by atoms with Gasteiger partial charge in [0.25, 0.3) is 12.3 Å². The maximum atomic E-state index is 12.8. The van der Waals surface area contributed by atoms with E-state index in [1.807, 2.05) is 0 Å².